The Morgan fingerprint density at radius 1 is 1.21 bits per heavy atom. The van der Waals surface area contributed by atoms with E-state index in [1.807, 2.05) is 26.8 Å². The van der Waals surface area contributed by atoms with E-state index in [9.17, 15) is 28.0 Å². The number of nitriles is 1. The number of aryl methyl sites for hydroxylation is 1. The molecule has 0 radical (unpaired) electrons. The third kappa shape index (κ3) is 7.84. The van der Waals surface area contributed by atoms with E-state index in [0.29, 0.717) is 22.5 Å². The summed E-state index contributed by atoms with van der Waals surface area (Å²) in [5.41, 5.74) is 1.67. The first-order valence-corrected chi connectivity index (χ1v) is 13.1. The van der Waals surface area contributed by atoms with Crippen LogP contribution in [0.5, 0.6) is 5.88 Å². The number of allylic oxidation sites excluding steroid dienone is 6. The molecule has 0 aliphatic heterocycles. The molecule has 0 unspecified atom stereocenters. The molecule has 0 saturated carbocycles. The molecule has 1 N–H and O–H groups in total. The summed E-state index contributed by atoms with van der Waals surface area (Å²) >= 11 is 0. The number of hydrogen-bond acceptors (Lipinski definition) is 7. The molecule has 2 aromatic heterocycles. The molecule has 12 heteroatoms. The Kier molecular flexibility index (Phi) is 10.6. The number of aromatic nitrogens is 4. The fraction of sp³-hybridized carbons (Fsp3) is 0.300. The monoisotopic (exact) mass is 580 g/mol. The van der Waals surface area contributed by atoms with Gasteiger partial charge in [0.05, 0.1) is 29.7 Å². The van der Waals surface area contributed by atoms with Crippen LogP contribution in [0.1, 0.15) is 50.8 Å². The second-order valence-electron chi connectivity index (χ2n) is 9.46. The number of alkyl halides is 2. The topological polar surface area (TPSA) is 115 Å². The van der Waals surface area contributed by atoms with Crippen molar-refractivity contribution in [2.24, 2.45) is 0 Å². The number of nitrogens with one attached hydrogen (secondary N) is 1. The van der Waals surface area contributed by atoms with Gasteiger partial charge in [0.1, 0.15) is 11.9 Å². The molecule has 42 heavy (non-hydrogen) atoms. The standard InChI is InChI=1S/C30H31F3N6O3/c1-6-18(3)10-19(4)11-23(7-2)39-29(40)37-28(36-25-15-35-27(12-20(25)5)42-17-26(32)33)38(30(39)41)16-21-8-9-24(31)22(13-21)14-34/h7-13,15,26H,6,16-17H2,1-5H3,(H,36,37,40)/b18-10+,19-11-,23-7+. The lowest BCUT2D eigenvalue weighted by Gasteiger charge is -2.17. The fourth-order valence-electron chi connectivity index (χ4n) is 3.94. The van der Waals surface area contributed by atoms with Crippen LogP contribution in [0, 0.1) is 24.1 Å². The molecule has 0 amide bonds. The average Bonchev–Trinajstić information content (AvgIpc) is 2.95. The van der Waals surface area contributed by atoms with Crippen LogP contribution in [0.2, 0.25) is 0 Å². The maximum Gasteiger partial charge on any atom is 0.359 e. The summed E-state index contributed by atoms with van der Waals surface area (Å²) in [6.07, 6.45) is 4.71. The predicted octanol–water partition coefficient (Wildman–Crippen LogP) is 5.72. The van der Waals surface area contributed by atoms with Crippen LogP contribution < -0.4 is 21.4 Å². The van der Waals surface area contributed by atoms with Crippen LogP contribution in [0.4, 0.5) is 24.8 Å². The van der Waals surface area contributed by atoms with E-state index < -0.39 is 30.2 Å². The highest BCUT2D eigenvalue weighted by Crippen LogP contribution is 2.22. The number of anilines is 2. The number of hydrogen-bond donors (Lipinski definition) is 1. The van der Waals surface area contributed by atoms with Gasteiger partial charge in [-0.1, -0.05) is 30.7 Å². The zero-order valence-electron chi connectivity index (χ0n) is 23.9. The first-order chi connectivity index (χ1) is 20.0. The van der Waals surface area contributed by atoms with Crippen molar-refractivity contribution < 1.29 is 17.9 Å². The van der Waals surface area contributed by atoms with Gasteiger partial charge in [-0.05, 0) is 69.0 Å². The fourth-order valence-corrected chi connectivity index (χ4v) is 3.94. The summed E-state index contributed by atoms with van der Waals surface area (Å²) in [4.78, 5) is 35.3. The molecule has 220 valence electrons. The van der Waals surface area contributed by atoms with Gasteiger partial charge in [0.25, 0.3) is 6.43 Å². The summed E-state index contributed by atoms with van der Waals surface area (Å²) in [6.45, 7) is 8.18. The lowest BCUT2D eigenvalue weighted by atomic mass is 10.1. The number of ether oxygens (including phenoxy) is 1. The number of benzene rings is 1. The zero-order valence-corrected chi connectivity index (χ0v) is 23.9. The summed E-state index contributed by atoms with van der Waals surface area (Å²) in [5.74, 6) is -0.882. The maximum absolute atomic E-state index is 14.0. The third-order valence-corrected chi connectivity index (χ3v) is 6.21. The van der Waals surface area contributed by atoms with Crippen LogP contribution in [0.3, 0.4) is 0 Å². The van der Waals surface area contributed by atoms with Crippen molar-refractivity contribution in [3.8, 4) is 11.9 Å². The van der Waals surface area contributed by atoms with E-state index in [2.05, 4.69) is 15.3 Å². The molecular formula is C30H31F3N6O3. The van der Waals surface area contributed by atoms with Crippen molar-refractivity contribution in [2.45, 2.75) is 54.0 Å². The molecule has 0 aliphatic rings. The largest absolute Gasteiger partial charge is 0.472 e. The minimum absolute atomic E-state index is 0.0262. The van der Waals surface area contributed by atoms with Gasteiger partial charge in [0.2, 0.25) is 11.8 Å². The van der Waals surface area contributed by atoms with Crippen LogP contribution in [0.15, 0.2) is 69.4 Å². The molecule has 1 aromatic carbocycles. The molecule has 0 saturated heterocycles. The van der Waals surface area contributed by atoms with Crippen molar-refractivity contribution >= 4 is 17.3 Å². The molecule has 0 spiro atoms. The third-order valence-electron chi connectivity index (χ3n) is 6.21. The Labute approximate surface area is 240 Å². The molecule has 2 heterocycles. The van der Waals surface area contributed by atoms with E-state index in [4.69, 9.17) is 4.74 Å². The SMILES string of the molecule is C\C=C(/C=C(C)\C=C(/C)CC)n1c(=O)nc(Nc2cnc(OCC(F)F)cc2C)n(Cc2ccc(F)c(C#N)c2)c1=O. The maximum atomic E-state index is 14.0. The molecule has 3 rings (SSSR count). The number of nitrogens with zero attached hydrogens (tertiary/aromatic N) is 5. The van der Waals surface area contributed by atoms with Crippen LogP contribution in [-0.4, -0.2) is 32.1 Å². The Balaban J connectivity index is 2.16. The van der Waals surface area contributed by atoms with Gasteiger partial charge in [0.15, 0.2) is 6.61 Å². The van der Waals surface area contributed by atoms with Gasteiger partial charge in [-0.25, -0.2) is 32.3 Å². The number of pyridine rings is 1. The molecule has 0 aliphatic carbocycles. The first-order valence-electron chi connectivity index (χ1n) is 13.1. The Morgan fingerprint density at radius 3 is 2.57 bits per heavy atom. The van der Waals surface area contributed by atoms with Gasteiger partial charge >= 0.3 is 11.4 Å². The van der Waals surface area contributed by atoms with Gasteiger partial charge in [-0.2, -0.15) is 10.2 Å². The van der Waals surface area contributed by atoms with Gasteiger partial charge < -0.3 is 10.1 Å². The van der Waals surface area contributed by atoms with Crippen molar-refractivity contribution in [2.75, 3.05) is 11.9 Å². The first kappa shape index (κ1) is 31.6. The van der Waals surface area contributed by atoms with Crippen molar-refractivity contribution in [1.29, 1.82) is 5.26 Å². The second-order valence-corrected chi connectivity index (χ2v) is 9.46. The summed E-state index contributed by atoms with van der Waals surface area (Å²) < 4.78 is 46.1. The molecular weight excluding hydrogens is 549 g/mol. The normalized spacial score (nSPS) is 12.4. The zero-order chi connectivity index (χ0) is 31.0. The van der Waals surface area contributed by atoms with E-state index in [0.717, 1.165) is 28.2 Å². The molecule has 9 nitrogen and oxygen atoms in total. The number of rotatable bonds is 11. The van der Waals surface area contributed by atoms with Gasteiger partial charge in [0, 0.05) is 6.07 Å². The predicted molar refractivity (Wildman–Crippen MR) is 154 cm³/mol. The van der Waals surface area contributed by atoms with Crippen LogP contribution >= 0.6 is 0 Å². The Morgan fingerprint density at radius 2 is 1.95 bits per heavy atom. The van der Waals surface area contributed by atoms with Gasteiger partial charge in [-0.15, -0.1) is 0 Å². The summed E-state index contributed by atoms with van der Waals surface area (Å²) in [7, 11) is 0. The molecule has 0 fully saturated rings. The summed E-state index contributed by atoms with van der Waals surface area (Å²) in [6, 6.07) is 7.04. The van der Waals surface area contributed by atoms with E-state index in [-0.39, 0.29) is 23.9 Å². The minimum Gasteiger partial charge on any atom is -0.472 e. The van der Waals surface area contributed by atoms with E-state index in [1.165, 1.54) is 29.0 Å². The minimum atomic E-state index is -2.67. The highest BCUT2D eigenvalue weighted by Gasteiger charge is 2.18. The number of halogens is 3. The van der Waals surface area contributed by atoms with E-state index in [1.54, 1.807) is 32.1 Å². The molecule has 0 bridgehead atoms. The van der Waals surface area contributed by atoms with Crippen molar-refractivity contribution in [1.82, 2.24) is 19.1 Å². The molecule has 3 aromatic rings. The summed E-state index contributed by atoms with van der Waals surface area (Å²) in [5, 5.41) is 12.2. The lowest BCUT2D eigenvalue weighted by Crippen LogP contribution is -2.42. The van der Waals surface area contributed by atoms with E-state index >= 15 is 0 Å². The highest BCUT2D eigenvalue weighted by molar-refractivity contribution is 5.60. The Hall–Kier alpha value is -4.92. The Bertz CT molecular complexity index is 1710. The smallest absolute Gasteiger partial charge is 0.359 e. The quantitative estimate of drug-likeness (QED) is 0.289. The van der Waals surface area contributed by atoms with Crippen LogP contribution in [-0.2, 0) is 6.54 Å². The highest BCUT2D eigenvalue weighted by atomic mass is 19.3. The van der Waals surface area contributed by atoms with Crippen LogP contribution in [0.25, 0.3) is 5.70 Å². The van der Waals surface area contributed by atoms with Gasteiger partial charge in [-0.3, -0.25) is 4.57 Å². The lowest BCUT2D eigenvalue weighted by molar-refractivity contribution is 0.0796. The van der Waals surface area contributed by atoms with Crippen molar-refractivity contribution in [3.05, 3.63) is 103 Å². The van der Waals surface area contributed by atoms with Crippen molar-refractivity contribution in [3.63, 3.8) is 0 Å². The average molecular weight is 581 g/mol. The molecule has 0 atom stereocenters. The second kappa shape index (κ2) is 14.1.